The van der Waals surface area contributed by atoms with E-state index in [1.807, 2.05) is 6.92 Å². The number of aryl methyl sites for hydroxylation is 1. The van der Waals surface area contributed by atoms with E-state index in [1.54, 1.807) is 43.5 Å². The molecule has 0 unspecified atom stereocenters. The van der Waals surface area contributed by atoms with Gasteiger partial charge in [-0.25, -0.2) is 5.43 Å². The molecular weight excluding hydrogens is 292 g/mol. The van der Waals surface area contributed by atoms with Crippen LogP contribution in [0.25, 0.3) is 0 Å². The van der Waals surface area contributed by atoms with E-state index in [9.17, 15) is 4.79 Å². The molecule has 0 atom stereocenters. The SMILES string of the molecule is C/C(=N/NC(=O)COc1ccc(Cl)cc1C)c1ccco1. The summed E-state index contributed by atoms with van der Waals surface area (Å²) in [5, 5.41) is 4.57. The topological polar surface area (TPSA) is 63.8 Å². The van der Waals surface area contributed by atoms with Crippen molar-refractivity contribution in [3.05, 3.63) is 52.9 Å². The zero-order chi connectivity index (χ0) is 15.2. The minimum atomic E-state index is -0.352. The molecule has 21 heavy (non-hydrogen) atoms. The summed E-state index contributed by atoms with van der Waals surface area (Å²) in [6, 6.07) is 8.72. The molecule has 2 rings (SSSR count). The fraction of sp³-hybridized carbons (Fsp3) is 0.200. The molecule has 110 valence electrons. The van der Waals surface area contributed by atoms with Crippen molar-refractivity contribution in [1.82, 2.24) is 5.43 Å². The number of amides is 1. The Hall–Kier alpha value is -2.27. The van der Waals surface area contributed by atoms with Gasteiger partial charge in [-0.3, -0.25) is 4.79 Å². The van der Waals surface area contributed by atoms with Crippen LogP contribution < -0.4 is 10.2 Å². The van der Waals surface area contributed by atoms with Gasteiger partial charge in [0.05, 0.1) is 6.26 Å². The van der Waals surface area contributed by atoms with E-state index in [4.69, 9.17) is 20.8 Å². The zero-order valence-electron chi connectivity index (χ0n) is 11.7. The minimum absolute atomic E-state index is 0.128. The number of carbonyl (C=O) groups excluding carboxylic acids is 1. The molecule has 0 aliphatic carbocycles. The molecule has 0 bridgehead atoms. The van der Waals surface area contributed by atoms with Crippen LogP contribution in [0.4, 0.5) is 0 Å². The van der Waals surface area contributed by atoms with E-state index in [0.717, 1.165) is 5.56 Å². The maximum atomic E-state index is 11.7. The summed E-state index contributed by atoms with van der Waals surface area (Å²) < 4.78 is 10.6. The van der Waals surface area contributed by atoms with Gasteiger partial charge in [-0.15, -0.1) is 0 Å². The molecule has 1 amide bonds. The molecular formula is C15H15ClN2O3. The summed E-state index contributed by atoms with van der Waals surface area (Å²) >= 11 is 5.85. The Bertz CT molecular complexity index is 651. The molecule has 5 nitrogen and oxygen atoms in total. The Morgan fingerprint density at radius 2 is 2.24 bits per heavy atom. The molecule has 0 aliphatic heterocycles. The van der Waals surface area contributed by atoms with Gasteiger partial charge in [0.1, 0.15) is 17.2 Å². The highest BCUT2D eigenvalue weighted by Crippen LogP contribution is 2.21. The van der Waals surface area contributed by atoms with Gasteiger partial charge < -0.3 is 9.15 Å². The van der Waals surface area contributed by atoms with E-state index in [1.165, 1.54) is 0 Å². The fourth-order valence-corrected chi connectivity index (χ4v) is 1.86. The second-order valence-electron chi connectivity index (χ2n) is 4.41. The van der Waals surface area contributed by atoms with Gasteiger partial charge in [0.25, 0.3) is 5.91 Å². The molecule has 2 aromatic rings. The summed E-state index contributed by atoms with van der Waals surface area (Å²) in [6.45, 7) is 3.47. The van der Waals surface area contributed by atoms with Crippen LogP contribution in [0.1, 0.15) is 18.2 Å². The van der Waals surface area contributed by atoms with Crippen LogP contribution in [0, 0.1) is 6.92 Å². The number of ether oxygens (including phenoxy) is 1. The van der Waals surface area contributed by atoms with E-state index in [2.05, 4.69) is 10.5 Å². The summed E-state index contributed by atoms with van der Waals surface area (Å²) in [5.41, 5.74) is 3.86. The Kier molecular flexibility index (Phi) is 5.00. The summed E-state index contributed by atoms with van der Waals surface area (Å²) in [5.74, 6) is 0.862. The quantitative estimate of drug-likeness (QED) is 0.681. The first-order chi connectivity index (χ1) is 10.1. The first-order valence-electron chi connectivity index (χ1n) is 6.32. The standard InChI is InChI=1S/C15H15ClN2O3/c1-10-8-12(16)5-6-13(10)21-9-15(19)18-17-11(2)14-4-3-7-20-14/h3-8H,9H2,1-2H3,(H,18,19)/b17-11-. The fourth-order valence-electron chi connectivity index (χ4n) is 1.64. The molecule has 0 radical (unpaired) electrons. The average Bonchev–Trinajstić information content (AvgIpc) is 2.98. The van der Waals surface area contributed by atoms with Crippen LogP contribution in [0.3, 0.4) is 0 Å². The minimum Gasteiger partial charge on any atom is -0.483 e. The third-order valence-corrected chi connectivity index (χ3v) is 2.96. The number of nitrogens with zero attached hydrogens (tertiary/aromatic N) is 1. The van der Waals surface area contributed by atoms with Gasteiger partial charge in [-0.1, -0.05) is 11.6 Å². The Labute approximate surface area is 127 Å². The number of nitrogens with one attached hydrogen (secondary N) is 1. The van der Waals surface area contributed by atoms with Gasteiger partial charge in [0.15, 0.2) is 6.61 Å². The molecule has 1 aromatic heterocycles. The number of benzene rings is 1. The number of carbonyl (C=O) groups is 1. The third kappa shape index (κ3) is 4.36. The van der Waals surface area contributed by atoms with Crippen LogP contribution in [-0.4, -0.2) is 18.2 Å². The molecule has 0 saturated heterocycles. The van der Waals surface area contributed by atoms with Gasteiger partial charge in [-0.2, -0.15) is 5.10 Å². The Balaban J connectivity index is 1.86. The monoisotopic (exact) mass is 306 g/mol. The van der Waals surface area contributed by atoms with Crippen LogP contribution in [0.2, 0.25) is 5.02 Å². The van der Waals surface area contributed by atoms with Gasteiger partial charge in [-0.05, 0) is 49.7 Å². The first-order valence-corrected chi connectivity index (χ1v) is 6.70. The Morgan fingerprint density at radius 1 is 1.43 bits per heavy atom. The highest BCUT2D eigenvalue weighted by Gasteiger charge is 2.06. The smallest absolute Gasteiger partial charge is 0.277 e. The second kappa shape index (κ2) is 6.95. The number of hydrogen-bond donors (Lipinski definition) is 1. The van der Waals surface area contributed by atoms with E-state index < -0.39 is 0 Å². The lowest BCUT2D eigenvalue weighted by Crippen LogP contribution is -2.25. The average molecular weight is 307 g/mol. The van der Waals surface area contributed by atoms with Crippen molar-refractivity contribution in [2.45, 2.75) is 13.8 Å². The third-order valence-electron chi connectivity index (χ3n) is 2.72. The van der Waals surface area contributed by atoms with Crippen molar-refractivity contribution in [3.63, 3.8) is 0 Å². The van der Waals surface area contributed by atoms with Crippen LogP contribution >= 0.6 is 11.6 Å². The molecule has 6 heteroatoms. The lowest BCUT2D eigenvalue weighted by molar-refractivity contribution is -0.123. The number of hydrazone groups is 1. The number of rotatable bonds is 5. The molecule has 0 spiro atoms. The molecule has 0 aliphatic rings. The van der Waals surface area contributed by atoms with Gasteiger partial charge in [0.2, 0.25) is 0 Å². The van der Waals surface area contributed by atoms with Crippen LogP contribution in [-0.2, 0) is 4.79 Å². The lowest BCUT2D eigenvalue weighted by Gasteiger charge is -2.08. The highest BCUT2D eigenvalue weighted by atomic mass is 35.5. The summed E-state index contributed by atoms with van der Waals surface area (Å²) in [4.78, 5) is 11.7. The second-order valence-corrected chi connectivity index (χ2v) is 4.84. The van der Waals surface area contributed by atoms with E-state index in [0.29, 0.717) is 22.2 Å². The maximum absolute atomic E-state index is 11.7. The van der Waals surface area contributed by atoms with Crippen molar-refractivity contribution in [1.29, 1.82) is 0 Å². The Morgan fingerprint density at radius 3 is 2.90 bits per heavy atom. The van der Waals surface area contributed by atoms with Crippen LogP contribution in [0.15, 0.2) is 46.1 Å². The normalized spacial score (nSPS) is 11.3. The van der Waals surface area contributed by atoms with Crippen molar-refractivity contribution in [3.8, 4) is 5.75 Å². The van der Waals surface area contributed by atoms with Crippen molar-refractivity contribution >= 4 is 23.2 Å². The highest BCUT2D eigenvalue weighted by molar-refractivity contribution is 6.30. The molecule has 0 fully saturated rings. The predicted octanol–water partition coefficient (Wildman–Crippen LogP) is 3.16. The molecule has 1 heterocycles. The van der Waals surface area contributed by atoms with E-state index >= 15 is 0 Å². The van der Waals surface area contributed by atoms with Gasteiger partial charge in [0, 0.05) is 5.02 Å². The predicted molar refractivity (Wildman–Crippen MR) is 80.7 cm³/mol. The van der Waals surface area contributed by atoms with Gasteiger partial charge >= 0.3 is 0 Å². The summed E-state index contributed by atoms with van der Waals surface area (Å²) in [7, 11) is 0. The molecule has 0 saturated carbocycles. The maximum Gasteiger partial charge on any atom is 0.277 e. The number of furan rings is 1. The summed E-state index contributed by atoms with van der Waals surface area (Å²) in [6.07, 6.45) is 1.54. The molecule has 1 N–H and O–H groups in total. The first kappa shape index (κ1) is 15.1. The number of halogens is 1. The van der Waals surface area contributed by atoms with Crippen molar-refractivity contribution in [2.75, 3.05) is 6.61 Å². The van der Waals surface area contributed by atoms with Crippen molar-refractivity contribution in [2.24, 2.45) is 5.10 Å². The zero-order valence-corrected chi connectivity index (χ0v) is 12.5. The molecule has 1 aromatic carbocycles. The largest absolute Gasteiger partial charge is 0.483 e. The van der Waals surface area contributed by atoms with E-state index in [-0.39, 0.29) is 12.5 Å². The van der Waals surface area contributed by atoms with Crippen molar-refractivity contribution < 1.29 is 13.9 Å². The van der Waals surface area contributed by atoms with Crippen LogP contribution in [0.5, 0.6) is 5.75 Å². The lowest BCUT2D eigenvalue weighted by atomic mass is 10.2. The number of hydrogen-bond acceptors (Lipinski definition) is 4.